The monoisotopic (exact) mass is 594 g/mol. The molecule has 44 heavy (non-hydrogen) atoms. The van der Waals surface area contributed by atoms with Gasteiger partial charge in [0.1, 0.15) is 16.1 Å². The first-order chi connectivity index (χ1) is 21.4. The van der Waals surface area contributed by atoms with Gasteiger partial charge in [-0.15, -0.1) is 0 Å². The minimum Gasteiger partial charge on any atom is -0.0692 e. The van der Waals surface area contributed by atoms with Gasteiger partial charge < -0.3 is 0 Å². The SMILES string of the molecule is C[Si]1(C)c2ccccc2B2c3ccccc3[Si](C)(C)c3cc(-c4cccc5c4Cc4c(-c6ccccc6)cccc4-5)cc1c32. The van der Waals surface area contributed by atoms with Gasteiger partial charge in [-0.3, -0.25) is 0 Å². The summed E-state index contributed by atoms with van der Waals surface area (Å²) in [5.41, 5.74) is 16.0. The van der Waals surface area contributed by atoms with Crippen molar-refractivity contribution in [1.29, 1.82) is 0 Å². The number of hydrogen-bond acceptors (Lipinski definition) is 0. The normalized spacial score (nSPS) is 16.0. The summed E-state index contributed by atoms with van der Waals surface area (Å²) in [6, 6.07) is 48.9. The molecule has 2 aliphatic heterocycles. The van der Waals surface area contributed by atoms with Crippen LogP contribution in [0.5, 0.6) is 0 Å². The van der Waals surface area contributed by atoms with E-state index in [1.807, 2.05) is 0 Å². The van der Waals surface area contributed by atoms with Crippen LogP contribution in [0.25, 0.3) is 33.4 Å². The van der Waals surface area contributed by atoms with Gasteiger partial charge in [0.15, 0.2) is 0 Å². The quantitative estimate of drug-likeness (QED) is 0.236. The van der Waals surface area contributed by atoms with Gasteiger partial charge in [-0.25, -0.2) is 0 Å². The van der Waals surface area contributed by atoms with Crippen LogP contribution in [0.1, 0.15) is 11.1 Å². The molecule has 0 radical (unpaired) electrons. The maximum Gasteiger partial charge on any atom is 0.240 e. The van der Waals surface area contributed by atoms with Crippen molar-refractivity contribution in [1.82, 2.24) is 0 Å². The highest BCUT2D eigenvalue weighted by Crippen LogP contribution is 2.45. The van der Waals surface area contributed by atoms with Gasteiger partial charge in [0.05, 0.1) is 0 Å². The number of benzene rings is 6. The highest BCUT2D eigenvalue weighted by Gasteiger charge is 2.49. The van der Waals surface area contributed by atoms with E-state index in [1.54, 1.807) is 37.1 Å². The molecule has 0 unspecified atom stereocenters. The van der Waals surface area contributed by atoms with E-state index < -0.39 is 16.1 Å². The largest absolute Gasteiger partial charge is 0.240 e. The molecule has 210 valence electrons. The van der Waals surface area contributed by atoms with Crippen LogP contribution in [0.15, 0.2) is 127 Å². The van der Waals surface area contributed by atoms with Crippen molar-refractivity contribution in [3.05, 3.63) is 139 Å². The zero-order chi connectivity index (χ0) is 29.8. The van der Waals surface area contributed by atoms with Crippen molar-refractivity contribution < 1.29 is 0 Å². The lowest BCUT2D eigenvalue weighted by Crippen LogP contribution is -2.86. The van der Waals surface area contributed by atoms with E-state index in [2.05, 4.69) is 154 Å². The van der Waals surface area contributed by atoms with E-state index in [1.165, 1.54) is 44.5 Å². The summed E-state index contributed by atoms with van der Waals surface area (Å²) < 4.78 is 0. The second kappa shape index (κ2) is 9.17. The molecule has 0 fully saturated rings. The van der Waals surface area contributed by atoms with Crippen molar-refractivity contribution in [2.24, 2.45) is 0 Å². The van der Waals surface area contributed by atoms with Gasteiger partial charge in [-0.2, -0.15) is 0 Å². The molecule has 0 saturated heterocycles. The Kier molecular flexibility index (Phi) is 5.47. The van der Waals surface area contributed by atoms with Crippen LogP contribution in [0.2, 0.25) is 26.2 Å². The maximum atomic E-state index is 2.64. The first-order valence-electron chi connectivity index (χ1n) is 16.0. The van der Waals surface area contributed by atoms with Crippen LogP contribution < -0.4 is 37.1 Å². The van der Waals surface area contributed by atoms with Crippen LogP contribution in [0, 0.1) is 0 Å². The lowest BCUT2D eigenvalue weighted by molar-refractivity contribution is 1.26. The van der Waals surface area contributed by atoms with E-state index in [-0.39, 0.29) is 0 Å². The third-order valence-corrected chi connectivity index (χ3v) is 18.2. The van der Waals surface area contributed by atoms with E-state index in [9.17, 15) is 0 Å². The summed E-state index contributed by atoms with van der Waals surface area (Å²) in [7, 11) is -3.91. The summed E-state index contributed by atoms with van der Waals surface area (Å²) in [5.74, 6) is 0. The molecule has 0 nitrogen and oxygen atoms in total. The second-order valence-electron chi connectivity index (χ2n) is 14.0. The molecule has 3 aliphatic rings. The van der Waals surface area contributed by atoms with Gasteiger partial charge in [-0.1, -0.05) is 191 Å². The molecular formula is C41H35BSi2. The highest BCUT2D eigenvalue weighted by molar-refractivity contribution is 7.21. The Hall–Kier alpha value is -4.18. The Balaban J connectivity index is 1.29. The molecule has 0 amide bonds. The third kappa shape index (κ3) is 3.45. The van der Waals surface area contributed by atoms with Crippen molar-refractivity contribution in [2.75, 3.05) is 0 Å². The Bertz CT molecular complexity index is 2080. The fourth-order valence-corrected chi connectivity index (χ4v) is 15.5. The van der Waals surface area contributed by atoms with E-state index in [4.69, 9.17) is 0 Å². The summed E-state index contributed by atoms with van der Waals surface area (Å²) in [4.78, 5) is 0. The molecule has 9 rings (SSSR count). The first-order valence-corrected chi connectivity index (χ1v) is 22.0. The summed E-state index contributed by atoms with van der Waals surface area (Å²) in [6.45, 7) is 10.7. The predicted molar refractivity (Wildman–Crippen MR) is 197 cm³/mol. The second-order valence-corrected chi connectivity index (χ2v) is 22.7. The average molecular weight is 595 g/mol. The molecule has 0 bridgehead atoms. The van der Waals surface area contributed by atoms with E-state index in [0.29, 0.717) is 6.71 Å². The Morgan fingerprint density at radius 3 is 1.43 bits per heavy atom. The van der Waals surface area contributed by atoms with Gasteiger partial charge in [0, 0.05) is 0 Å². The van der Waals surface area contributed by atoms with Crippen LogP contribution in [-0.2, 0) is 6.42 Å². The van der Waals surface area contributed by atoms with Crippen molar-refractivity contribution >= 4 is 60.0 Å². The van der Waals surface area contributed by atoms with Gasteiger partial charge in [0.25, 0.3) is 0 Å². The Labute approximate surface area is 263 Å². The third-order valence-electron chi connectivity index (χ3n) is 11.1. The fourth-order valence-electron chi connectivity index (χ4n) is 8.95. The van der Waals surface area contributed by atoms with E-state index in [0.717, 1.165) is 6.42 Å². The number of fused-ring (bicyclic) bond motifs is 7. The molecule has 0 N–H and O–H groups in total. The standard InChI is InChI=1S/C41H35BSi2/c1-43(2)37-22-10-8-20-35(37)42-36-21-9-11-23-38(36)44(3,4)40-25-28(24-39(43)41(40)42)30-17-13-19-32-31-18-12-16-29(33(31)26-34(30)32)27-14-6-5-7-15-27/h5-25H,26H2,1-4H3. The molecule has 2 heterocycles. The molecule has 1 aliphatic carbocycles. The zero-order valence-corrected chi connectivity index (χ0v) is 27.9. The zero-order valence-electron chi connectivity index (χ0n) is 25.9. The smallest absolute Gasteiger partial charge is 0.0692 e. The Morgan fingerprint density at radius 1 is 0.432 bits per heavy atom. The van der Waals surface area contributed by atoms with Crippen molar-refractivity contribution in [3.63, 3.8) is 0 Å². The maximum absolute atomic E-state index is 2.64. The summed E-state index contributed by atoms with van der Waals surface area (Å²) in [6.07, 6.45) is 0.980. The molecule has 0 spiro atoms. The molecular weight excluding hydrogens is 559 g/mol. The minimum absolute atomic E-state index is 0.335. The topological polar surface area (TPSA) is 0 Å². The van der Waals surface area contributed by atoms with Crippen LogP contribution in [0.3, 0.4) is 0 Å². The molecule has 3 heteroatoms. The first kappa shape index (κ1) is 26.2. The molecule has 6 aromatic carbocycles. The van der Waals surface area contributed by atoms with Crippen molar-refractivity contribution in [2.45, 2.75) is 32.6 Å². The van der Waals surface area contributed by atoms with Crippen LogP contribution in [-0.4, -0.2) is 22.9 Å². The van der Waals surface area contributed by atoms with Crippen LogP contribution >= 0.6 is 0 Å². The predicted octanol–water partition coefficient (Wildman–Crippen LogP) is 5.38. The van der Waals surface area contributed by atoms with Gasteiger partial charge in [-0.05, 0) is 50.9 Å². The molecule has 0 atom stereocenters. The lowest BCUT2D eigenvalue weighted by Gasteiger charge is -2.45. The molecule has 0 saturated carbocycles. The van der Waals surface area contributed by atoms with Crippen molar-refractivity contribution in [3.8, 4) is 33.4 Å². The lowest BCUT2D eigenvalue weighted by atomic mass is 9.36. The Morgan fingerprint density at radius 2 is 0.886 bits per heavy atom. The van der Waals surface area contributed by atoms with Gasteiger partial charge >= 0.3 is 0 Å². The summed E-state index contributed by atoms with van der Waals surface area (Å²) in [5, 5.41) is 6.52. The minimum atomic E-state index is -1.96. The number of rotatable bonds is 2. The summed E-state index contributed by atoms with van der Waals surface area (Å²) >= 11 is 0. The van der Waals surface area contributed by atoms with Gasteiger partial charge in [0.2, 0.25) is 6.71 Å². The number of hydrogen-bond donors (Lipinski definition) is 0. The highest BCUT2D eigenvalue weighted by atomic mass is 28.3. The van der Waals surface area contributed by atoms with Crippen LogP contribution in [0.4, 0.5) is 0 Å². The molecule has 6 aromatic rings. The fraction of sp³-hybridized carbons (Fsp3) is 0.122. The molecule has 0 aromatic heterocycles. The average Bonchev–Trinajstić information content (AvgIpc) is 3.44. The van der Waals surface area contributed by atoms with E-state index >= 15 is 0 Å².